The number of hydrogen-bond donors (Lipinski definition) is 1. The number of hydrogen-bond acceptors (Lipinski definition) is 5. The van der Waals surface area contributed by atoms with Crippen LogP contribution >= 0.6 is 0 Å². The first-order valence-electron chi connectivity index (χ1n) is 7.52. The monoisotopic (exact) mass is 286 g/mol. The zero-order valence-electron chi connectivity index (χ0n) is 12.6. The summed E-state index contributed by atoms with van der Waals surface area (Å²) in [6.07, 6.45) is 0.779. The highest BCUT2D eigenvalue weighted by atomic mass is 16.5. The van der Waals surface area contributed by atoms with E-state index in [2.05, 4.69) is 58.6 Å². The topological polar surface area (TPSA) is 54.2 Å². The van der Waals surface area contributed by atoms with Crippen molar-refractivity contribution in [1.29, 1.82) is 0 Å². The van der Waals surface area contributed by atoms with E-state index in [0.29, 0.717) is 5.92 Å². The molecule has 0 radical (unpaired) electrons. The fourth-order valence-electron chi connectivity index (χ4n) is 2.74. The third-order valence-electron chi connectivity index (χ3n) is 4.14. The van der Waals surface area contributed by atoms with Crippen molar-refractivity contribution in [1.82, 2.24) is 20.4 Å². The zero-order chi connectivity index (χ0) is 14.7. The Kier molecular flexibility index (Phi) is 4.31. The van der Waals surface area contributed by atoms with Gasteiger partial charge in [0.05, 0.1) is 6.04 Å². The molecule has 1 aliphatic rings. The Morgan fingerprint density at radius 2 is 2.19 bits per heavy atom. The maximum absolute atomic E-state index is 5.44. The van der Waals surface area contributed by atoms with Crippen molar-refractivity contribution in [3.63, 3.8) is 0 Å². The standard InChI is InChI=1S/C16H22N4O/c1-12(13-6-4-3-5-7-13)10-15-18-16(19-21-15)14-11-17-8-9-20(14)2/h3-7,12,14,17H,8-11H2,1-2H3. The van der Waals surface area contributed by atoms with Crippen LogP contribution in [-0.4, -0.2) is 41.7 Å². The van der Waals surface area contributed by atoms with Crippen molar-refractivity contribution in [3.05, 3.63) is 47.6 Å². The van der Waals surface area contributed by atoms with Crippen molar-refractivity contribution in [3.8, 4) is 0 Å². The molecule has 1 fully saturated rings. The highest BCUT2D eigenvalue weighted by Crippen LogP contribution is 2.22. The molecule has 1 aliphatic heterocycles. The quantitative estimate of drug-likeness (QED) is 0.931. The minimum absolute atomic E-state index is 0.211. The molecule has 0 amide bonds. The lowest BCUT2D eigenvalue weighted by molar-refractivity contribution is 0.190. The van der Waals surface area contributed by atoms with Crippen molar-refractivity contribution < 1.29 is 4.52 Å². The zero-order valence-corrected chi connectivity index (χ0v) is 12.6. The van der Waals surface area contributed by atoms with Gasteiger partial charge in [0.15, 0.2) is 5.82 Å². The average Bonchev–Trinajstić information content (AvgIpc) is 2.97. The predicted octanol–water partition coefficient (Wildman–Crippen LogP) is 1.99. The molecule has 2 unspecified atom stereocenters. The number of benzene rings is 1. The van der Waals surface area contributed by atoms with Crippen LogP contribution in [0, 0.1) is 0 Å². The van der Waals surface area contributed by atoms with E-state index >= 15 is 0 Å². The Hall–Kier alpha value is -1.72. The summed E-state index contributed by atoms with van der Waals surface area (Å²) in [4.78, 5) is 6.86. The minimum atomic E-state index is 0.211. The molecule has 5 heteroatoms. The van der Waals surface area contributed by atoms with Gasteiger partial charge in [0, 0.05) is 26.1 Å². The van der Waals surface area contributed by atoms with E-state index in [1.54, 1.807) is 0 Å². The van der Waals surface area contributed by atoms with Crippen LogP contribution in [0.1, 0.15) is 36.2 Å². The second kappa shape index (κ2) is 6.37. The lowest BCUT2D eigenvalue weighted by Crippen LogP contribution is -2.44. The first-order chi connectivity index (χ1) is 10.2. The van der Waals surface area contributed by atoms with Crippen LogP contribution in [-0.2, 0) is 6.42 Å². The van der Waals surface area contributed by atoms with Crippen LogP contribution in [0.2, 0.25) is 0 Å². The summed E-state index contributed by atoms with van der Waals surface area (Å²) in [6.45, 7) is 5.09. The molecule has 112 valence electrons. The Bertz CT molecular complexity index is 569. The van der Waals surface area contributed by atoms with E-state index in [-0.39, 0.29) is 6.04 Å². The molecule has 0 bridgehead atoms. The van der Waals surface area contributed by atoms with Gasteiger partial charge in [-0.05, 0) is 18.5 Å². The first-order valence-corrected chi connectivity index (χ1v) is 7.52. The van der Waals surface area contributed by atoms with Crippen molar-refractivity contribution in [2.45, 2.75) is 25.3 Å². The Balaban J connectivity index is 1.67. The molecule has 1 N–H and O–H groups in total. The summed E-state index contributed by atoms with van der Waals surface area (Å²) < 4.78 is 5.44. The molecule has 1 saturated heterocycles. The average molecular weight is 286 g/mol. The van der Waals surface area contributed by atoms with Gasteiger partial charge in [0.25, 0.3) is 0 Å². The maximum Gasteiger partial charge on any atom is 0.227 e. The maximum atomic E-state index is 5.44. The summed E-state index contributed by atoms with van der Waals surface area (Å²) in [7, 11) is 2.11. The molecule has 0 aliphatic carbocycles. The van der Waals surface area contributed by atoms with Crippen LogP contribution in [0.25, 0.3) is 0 Å². The SMILES string of the molecule is CC(Cc1nc(C2CNCCN2C)no1)c1ccccc1. The summed E-state index contributed by atoms with van der Waals surface area (Å²) in [6, 6.07) is 10.7. The summed E-state index contributed by atoms with van der Waals surface area (Å²) in [5.41, 5.74) is 1.30. The predicted molar refractivity (Wildman–Crippen MR) is 81.1 cm³/mol. The van der Waals surface area contributed by atoms with E-state index in [9.17, 15) is 0 Å². The van der Waals surface area contributed by atoms with E-state index < -0.39 is 0 Å². The smallest absolute Gasteiger partial charge is 0.227 e. The van der Waals surface area contributed by atoms with Crippen LogP contribution in [0.5, 0.6) is 0 Å². The molecule has 2 atom stereocenters. The summed E-state index contributed by atoms with van der Waals surface area (Å²) in [5, 5.41) is 7.55. The molecule has 3 rings (SSSR count). The molecular formula is C16H22N4O. The van der Waals surface area contributed by atoms with Gasteiger partial charge < -0.3 is 9.84 Å². The number of rotatable bonds is 4. The number of nitrogens with zero attached hydrogens (tertiary/aromatic N) is 3. The van der Waals surface area contributed by atoms with E-state index in [0.717, 1.165) is 37.8 Å². The lowest BCUT2D eigenvalue weighted by Gasteiger charge is -2.30. The number of piperazine rings is 1. The molecule has 5 nitrogen and oxygen atoms in total. The molecule has 1 aromatic heterocycles. The van der Waals surface area contributed by atoms with Crippen LogP contribution < -0.4 is 5.32 Å². The molecule has 21 heavy (non-hydrogen) atoms. The Morgan fingerprint density at radius 3 is 2.95 bits per heavy atom. The molecule has 2 aromatic rings. The lowest BCUT2D eigenvalue weighted by atomic mass is 9.98. The second-order valence-corrected chi connectivity index (χ2v) is 5.76. The van der Waals surface area contributed by atoms with Gasteiger partial charge in [-0.15, -0.1) is 0 Å². The fraction of sp³-hybridized carbons (Fsp3) is 0.500. The Labute approximate surface area is 125 Å². The van der Waals surface area contributed by atoms with E-state index in [4.69, 9.17) is 4.52 Å². The van der Waals surface area contributed by atoms with Gasteiger partial charge in [0.1, 0.15) is 0 Å². The third kappa shape index (κ3) is 3.31. The first kappa shape index (κ1) is 14.2. The Morgan fingerprint density at radius 1 is 1.38 bits per heavy atom. The highest BCUT2D eigenvalue weighted by molar-refractivity contribution is 5.19. The van der Waals surface area contributed by atoms with Gasteiger partial charge in [-0.2, -0.15) is 4.98 Å². The fourth-order valence-corrected chi connectivity index (χ4v) is 2.74. The van der Waals surface area contributed by atoms with Gasteiger partial charge in [0.2, 0.25) is 5.89 Å². The van der Waals surface area contributed by atoms with Crippen molar-refractivity contribution >= 4 is 0 Å². The van der Waals surface area contributed by atoms with Crippen LogP contribution in [0.3, 0.4) is 0 Å². The van der Waals surface area contributed by atoms with E-state index in [1.165, 1.54) is 5.56 Å². The van der Waals surface area contributed by atoms with Gasteiger partial charge in [-0.1, -0.05) is 42.4 Å². The largest absolute Gasteiger partial charge is 0.339 e. The molecule has 0 spiro atoms. The van der Waals surface area contributed by atoms with Crippen LogP contribution in [0.4, 0.5) is 0 Å². The van der Waals surface area contributed by atoms with Crippen molar-refractivity contribution in [2.75, 3.05) is 26.7 Å². The molecule has 2 heterocycles. The normalized spacial score (nSPS) is 21.3. The molecular weight excluding hydrogens is 264 g/mol. The van der Waals surface area contributed by atoms with Crippen LogP contribution in [0.15, 0.2) is 34.9 Å². The minimum Gasteiger partial charge on any atom is -0.339 e. The van der Waals surface area contributed by atoms with E-state index in [1.807, 2.05) is 6.07 Å². The number of aromatic nitrogens is 2. The number of likely N-dealkylation sites (N-methyl/N-ethyl adjacent to an activating group) is 1. The van der Waals surface area contributed by atoms with Gasteiger partial charge >= 0.3 is 0 Å². The molecule has 0 saturated carbocycles. The number of nitrogens with one attached hydrogen (secondary N) is 1. The summed E-state index contributed by atoms with van der Waals surface area (Å²) in [5.74, 6) is 1.89. The molecule has 1 aromatic carbocycles. The highest BCUT2D eigenvalue weighted by Gasteiger charge is 2.25. The van der Waals surface area contributed by atoms with Gasteiger partial charge in [-0.3, -0.25) is 4.90 Å². The summed E-state index contributed by atoms with van der Waals surface area (Å²) >= 11 is 0. The third-order valence-corrected chi connectivity index (χ3v) is 4.14. The van der Waals surface area contributed by atoms with Gasteiger partial charge in [-0.25, -0.2) is 0 Å². The second-order valence-electron chi connectivity index (χ2n) is 5.76. The van der Waals surface area contributed by atoms with Crippen molar-refractivity contribution in [2.24, 2.45) is 0 Å².